The third-order valence-corrected chi connectivity index (χ3v) is 8.14. The molecule has 0 radical (unpaired) electrons. The van der Waals surface area contributed by atoms with Crippen LogP contribution in [-0.2, 0) is 9.59 Å². The molecule has 0 aromatic heterocycles. The Balaban J connectivity index is 1.69. The second kappa shape index (κ2) is 4.66. The Labute approximate surface area is 132 Å². The lowest BCUT2D eigenvalue weighted by atomic mass is 9.45. The van der Waals surface area contributed by atoms with Crippen molar-refractivity contribution in [1.29, 1.82) is 0 Å². The van der Waals surface area contributed by atoms with Gasteiger partial charge in [0.2, 0.25) is 0 Å². The van der Waals surface area contributed by atoms with E-state index in [2.05, 4.69) is 13.8 Å². The van der Waals surface area contributed by atoms with E-state index in [9.17, 15) is 14.7 Å². The number of ketones is 2. The fraction of sp³-hybridized carbons (Fsp3) is 0.895. The molecule has 1 unspecified atom stereocenters. The minimum atomic E-state index is -0.291. The van der Waals surface area contributed by atoms with E-state index in [0.717, 1.165) is 38.5 Å². The molecule has 4 aliphatic carbocycles. The lowest BCUT2D eigenvalue weighted by molar-refractivity contribution is -0.160. The second-order valence-corrected chi connectivity index (χ2v) is 8.95. The first-order chi connectivity index (χ1) is 10.4. The molecule has 0 spiro atoms. The molecule has 4 aliphatic rings. The number of carbonyl (C=O) groups excluding carboxylic acids is 2. The van der Waals surface area contributed by atoms with Crippen LogP contribution in [0.15, 0.2) is 0 Å². The Morgan fingerprint density at radius 1 is 1.05 bits per heavy atom. The molecule has 22 heavy (non-hydrogen) atoms. The van der Waals surface area contributed by atoms with Crippen molar-refractivity contribution >= 4 is 11.6 Å². The average molecular weight is 304 g/mol. The molecule has 122 valence electrons. The molecular formula is C19H28O3. The van der Waals surface area contributed by atoms with Crippen molar-refractivity contribution in [2.75, 3.05) is 0 Å². The van der Waals surface area contributed by atoms with Crippen LogP contribution in [0.3, 0.4) is 0 Å². The molecule has 0 bridgehead atoms. The molecule has 0 aromatic carbocycles. The third-order valence-electron chi connectivity index (χ3n) is 8.14. The zero-order chi connectivity index (χ0) is 15.7. The Morgan fingerprint density at radius 2 is 1.82 bits per heavy atom. The Kier molecular flexibility index (Phi) is 3.15. The van der Waals surface area contributed by atoms with Gasteiger partial charge in [-0.3, -0.25) is 9.59 Å². The van der Waals surface area contributed by atoms with E-state index in [-0.39, 0.29) is 22.9 Å². The predicted molar refractivity (Wildman–Crippen MR) is 83.1 cm³/mol. The van der Waals surface area contributed by atoms with E-state index in [1.54, 1.807) is 0 Å². The van der Waals surface area contributed by atoms with Crippen molar-refractivity contribution in [2.45, 2.75) is 71.3 Å². The van der Waals surface area contributed by atoms with Crippen molar-refractivity contribution < 1.29 is 14.7 Å². The summed E-state index contributed by atoms with van der Waals surface area (Å²) < 4.78 is 0. The molecule has 0 aliphatic heterocycles. The van der Waals surface area contributed by atoms with Crippen LogP contribution < -0.4 is 0 Å². The molecule has 0 aromatic rings. The molecule has 1 N–H and O–H groups in total. The van der Waals surface area contributed by atoms with Gasteiger partial charge in [0.15, 0.2) is 0 Å². The largest absolute Gasteiger partial charge is 0.393 e. The first kappa shape index (κ1) is 14.9. The maximum atomic E-state index is 12.8. The maximum absolute atomic E-state index is 12.8. The van der Waals surface area contributed by atoms with Crippen molar-refractivity contribution in [3.05, 3.63) is 0 Å². The maximum Gasteiger partial charge on any atom is 0.139 e. The summed E-state index contributed by atoms with van der Waals surface area (Å²) in [6.07, 6.45) is 6.67. The zero-order valence-corrected chi connectivity index (χ0v) is 13.8. The summed E-state index contributed by atoms with van der Waals surface area (Å²) in [5, 5.41) is 10.0. The number of rotatable bonds is 0. The lowest BCUT2D eigenvalue weighted by Gasteiger charge is -2.59. The van der Waals surface area contributed by atoms with Crippen molar-refractivity contribution in [3.63, 3.8) is 0 Å². The summed E-state index contributed by atoms with van der Waals surface area (Å²) in [6.45, 7) is 4.46. The van der Waals surface area contributed by atoms with Gasteiger partial charge in [-0.25, -0.2) is 0 Å². The van der Waals surface area contributed by atoms with E-state index in [0.29, 0.717) is 42.2 Å². The summed E-state index contributed by atoms with van der Waals surface area (Å²) in [6, 6.07) is 0. The second-order valence-electron chi connectivity index (χ2n) is 8.95. The smallest absolute Gasteiger partial charge is 0.139 e. The van der Waals surface area contributed by atoms with Gasteiger partial charge in [0.05, 0.1) is 6.10 Å². The minimum absolute atomic E-state index is 0.0546. The van der Waals surface area contributed by atoms with Gasteiger partial charge in [0, 0.05) is 24.2 Å². The monoisotopic (exact) mass is 304 g/mol. The van der Waals surface area contributed by atoms with Gasteiger partial charge in [0.1, 0.15) is 11.6 Å². The van der Waals surface area contributed by atoms with Crippen molar-refractivity contribution in [2.24, 2.45) is 34.5 Å². The minimum Gasteiger partial charge on any atom is -0.393 e. The van der Waals surface area contributed by atoms with Crippen molar-refractivity contribution in [3.8, 4) is 0 Å². The molecule has 4 fully saturated rings. The molecule has 7 atom stereocenters. The van der Waals surface area contributed by atoms with Gasteiger partial charge in [0.25, 0.3) is 0 Å². The number of aliphatic hydroxyl groups is 1. The van der Waals surface area contributed by atoms with E-state index in [1.807, 2.05) is 0 Å². The first-order valence-corrected chi connectivity index (χ1v) is 9.10. The van der Waals surface area contributed by atoms with Crippen LogP contribution >= 0.6 is 0 Å². The van der Waals surface area contributed by atoms with Gasteiger partial charge in [-0.2, -0.15) is 0 Å². The van der Waals surface area contributed by atoms with Crippen LogP contribution in [0.1, 0.15) is 65.2 Å². The van der Waals surface area contributed by atoms with Crippen LogP contribution in [0.4, 0.5) is 0 Å². The quantitative estimate of drug-likeness (QED) is 0.748. The highest BCUT2D eigenvalue weighted by atomic mass is 16.3. The van der Waals surface area contributed by atoms with Gasteiger partial charge in [-0.1, -0.05) is 13.8 Å². The molecule has 4 saturated carbocycles. The zero-order valence-electron chi connectivity index (χ0n) is 13.8. The number of carbonyl (C=O) groups is 2. The fourth-order valence-electron chi connectivity index (χ4n) is 6.79. The van der Waals surface area contributed by atoms with E-state index in [1.165, 1.54) is 0 Å². The number of aliphatic hydroxyl groups excluding tert-OH is 1. The molecule has 0 saturated heterocycles. The summed E-state index contributed by atoms with van der Waals surface area (Å²) in [7, 11) is 0. The number of hydrogen-bond acceptors (Lipinski definition) is 3. The van der Waals surface area contributed by atoms with Gasteiger partial charge >= 0.3 is 0 Å². The fourth-order valence-corrected chi connectivity index (χ4v) is 6.79. The number of Topliss-reactive ketones (excluding diaryl/α,β-unsaturated/α-hetero) is 2. The number of hydrogen-bond donors (Lipinski definition) is 1. The van der Waals surface area contributed by atoms with Crippen molar-refractivity contribution in [1.82, 2.24) is 0 Å². The summed E-state index contributed by atoms with van der Waals surface area (Å²) in [5.41, 5.74) is -0.0922. The Morgan fingerprint density at radius 3 is 2.59 bits per heavy atom. The van der Waals surface area contributed by atoms with Gasteiger partial charge in [-0.15, -0.1) is 0 Å². The highest BCUT2D eigenvalue weighted by molar-refractivity contribution is 5.88. The summed E-state index contributed by atoms with van der Waals surface area (Å²) in [4.78, 5) is 25.2. The van der Waals surface area contributed by atoms with E-state index < -0.39 is 0 Å². The van der Waals surface area contributed by atoms with Gasteiger partial charge < -0.3 is 5.11 Å². The first-order valence-electron chi connectivity index (χ1n) is 9.10. The standard InChI is InChI=1S/C19H28O3/c1-18-7-5-11(20)9-15(18)16(21)10-12-13-3-4-17(22)19(13,2)8-6-14(12)18/h11-15,20H,3-10H2,1-2H3/t11-,12+,13+,14+,15?,18-,19+/m1/s1. The van der Waals surface area contributed by atoms with Crippen LogP contribution in [-0.4, -0.2) is 22.8 Å². The van der Waals surface area contributed by atoms with E-state index >= 15 is 0 Å². The van der Waals surface area contributed by atoms with E-state index in [4.69, 9.17) is 0 Å². The summed E-state index contributed by atoms with van der Waals surface area (Å²) >= 11 is 0. The highest BCUT2D eigenvalue weighted by Crippen LogP contribution is 2.64. The Bertz CT molecular complexity index is 527. The van der Waals surface area contributed by atoms with Gasteiger partial charge in [-0.05, 0) is 61.7 Å². The topological polar surface area (TPSA) is 54.4 Å². The molecular weight excluding hydrogens is 276 g/mol. The predicted octanol–water partition coefficient (Wildman–Crippen LogP) is 3.14. The molecule has 0 heterocycles. The molecule has 4 rings (SSSR count). The third kappa shape index (κ3) is 1.78. The molecule has 0 amide bonds. The molecule has 3 nitrogen and oxygen atoms in total. The Hall–Kier alpha value is -0.700. The molecule has 3 heteroatoms. The van der Waals surface area contributed by atoms with Crippen LogP contribution in [0, 0.1) is 34.5 Å². The van der Waals surface area contributed by atoms with Crippen LogP contribution in [0.25, 0.3) is 0 Å². The summed E-state index contributed by atoms with van der Waals surface area (Å²) in [5.74, 6) is 2.27. The normalized spacial score (nSPS) is 54.6. The highest BCUT2D eigenvalue weighted by Gasteiger charge is 2.62. The van der Waals surface area contributed by atoms with Crippen LogP contribution in [0.2, 0.25) is 0 Å². The number of fused-ring (bicyclic) bond motifs is 5. The SMILES string of the molecule is C[C@]12CC[C@@H](O)CC1C(=O)C[C@@H]1[C@@H]2CC[C@]2(C)C(=O)CC[C@@H]12. The van der Waals surface area contributed by atoms with Crippen LogP contribution in [0.5, 0.6) is 0 Å². The lowest BCUT2D eigenvalue weighted by Crippen LogP contribution is -2.57. The average Bonchev–Trinajstić information content (AvgIpc) is 2.77.